The quantitative estimate of drug-likeness (QED) is 0.424. The van der Waals surface area contributed by atoms with E-state index in [1.165, 1.54) is 13.2 Å². The first-order valence-electron chi connectivity index (χ1n) is 8.85. The van der Waals surface area contributed by atoms with Crippen LogP contribution in [-0.4, -0.2) is 24.7 Å². The first-order valence-corrected chi connectivity index (χ1v) is 8.85. The smallest absolute Gasteiger partial charge is 0.330 e. The van der Waals surface area contributed by atoms with E-state index in [1.54, 1.807) is 24.5 Å². The van der Waals surface area contributed by atoms with Gasteiger partial charge in [-0.1, -0.05) is 24.3 Å². The van der Waals surface area contributed by atoms with Crippen molar-refractivity contribution in [3.05, 3.63) is 72.1 Å². The summed E-state index contributed by atoms with van der Waals surface area (Å²) in [6.07, 6.45) is 4.59. The van der Waals surface area contributed by atoms with Crippen LogP contribution >= 0.6 is 0 Å². The molecule has 1 heterocycles. The fraction of sp³-hybridized carbons (Fsp3) is 0.182. The molecule has 0 N–H and O–H groups in total. The average molecular weight is 379 g/mol. The molecule has 0 aliphatic heterocycles. The molecule has 0 spiro atoms. The largest absolute Gasteiger partial charge is 0.490 e. The molecule has 3 rings (SSSR count). The third-order valence-electron chi connectivity index (χ3n) is 3.83. The van der Waals surface area contributed by atoms with Crippen LogP contribution in [0.15, 0.2) is 65.3 Å². The van der Waals surface area contributed by atoms with Crippen molar-refractivity contribution >= 4 is 12.0 Å². The van der Waals surface area contributed by atoms with Crippen LogP contribution in [0.3, 0.4) is 0 Å². The topological polar surface area (TPSA) is 70.8 Å². The number of oxazole rings is 1. The van der Waals surface area contributed by atoms with E-state index < -0.39 is 5.97 Å². The Morgan fingerprint density at radius 1 is 1.11 bits per heavy atom. The molecule has 1 aromatic heterocycles. The van der Waals surface area contributed by atoms with Gasteiger partial charge < -0.3 is 18.6 Å². The Bertz CT molecular complexity index is 947. The van der Waals surface area contributed by atoms with E-state index in [4.69, 9.17) is 13.9 Å². The third-order valence-corrected chi connectivity index (χ3v) is 3.83. The Hall–Kier alpha value is -3.54. The van der Waals surface area contributed by atoms with Gasteiger partial charge in [-0.05, 0) is 42.8 Å². The highest BCUT2D eigenvalue weighted by Crippen LogP contribution is 2.30. The number of esters is 1. The second kappa shape index (κ2) is 9.41. The van der Waals surface area contributed by atoms with Gasteiger partial charge in [0.15, 0.2) is 11.5 Å². The number of rotatable bonds is 8. The van der Waals surface area contributed by atoms with Crippen LogP contribution in [0.1, 0.15) is 18.2 Å². The molecular weight excluding hydrogens is 358 g/mol. The summed E-state index contributed by atoms with van der Waals surface area (Å²) in [4.78, 5) is 15.7. The molecule has 144 valence electrons. The van der Waals surface area contributed by atoms with Crippen LogP contribution < -0.4 is 9.47 Å². The summed E-state index contributed by atoms with van der Waals surface area (Å²) in [6, 6.07) is 15.1. The van der Waals surface area contributed by atoms with Gasteiger partial charge in [0.05, 0.1) is 13.7 Å². The maximum atomic E-state index is 11.2. The van der Waals surface area contributed by atoms with Crippen molar-refractivity contribution in [1.29, 1.82) is 0 Å². The Morgan fingerprint density at radius 2 is 1.93 bits per heavy atom. The van der Waals surface area contributed by atoms with E-state index in [0.29, 0.717) is 29.7 Å². The van der Waals surface area contributed by atoms with Crippen molar-refractivity contribution in [3.63, 3.8) is 0 Å². The van der Waals surface area contributed by atoms with Gasteiger partial charge in [-0.25, -0.2) is 9.78 Å². The minimum absolute atomic E-state index is 0.244. The summed E-state index contributed by atoms with van der Waals surface area (Å²) in [7, 11) is 1.34. The van der Waals surface area contributed by atoms with E-state index in [0.717, 1.165) is 11.1 Å². The monoisotopic (exact) mass is 379 g/mol. The minimum Gasteiger partial charge on any atom is -0.490 e. The fourth-order valence-electron chi connectivity index (χ4n) is 2.49. The van der Waals surface area contributed by atoms with Gasteiger partial charge in [-0.15, -0.1) is 0 Å². The minimum atomic E-state index is -0.418. The highest BCUT2D eigenvalue weighted by Gasteiger charge is 2.10. The molecule has 0 radical (unpaired) electrons. The van der Waals surface area contributed by atoms with Crippen LogP contribution in [0, 0.1) is 0 Å². The molecule has 0 unspecified atom stereocenters. The first kappa shape index (κ1) is 19.2. The SMILES string of the molecule is CCOc1cc(/C=C/C(=O)OC)ccc1OCc1coc(-c2ccccc2)n1. The van der Waals surface area contributed by atoms with Gasteiger partial charge in [0.2, 0.25) is 5.89 Å². The van der Waals surface area contributed by atoms with Gasteiger partial charge >= 0.3 is 5.97 Å². The third kappa shape index (κ3) is 5.01. The Morgan fingerprint density at radius 3 is 2.68 bits per heavy atom. The van der Waals surface area contributed by atoms with Gasteiger partial charge in [0.25, 0.3) is 0 Å². The summed E-state index contributed by atoms with van der Waals surface area (Å²) in [5.74, 6) is 1.30. The highest BCUT2D eigenvalue weighted by atomic mass is 16.5. The second-order valence-corrected chi connectivity index (χ2v) is 5.79. The van der Waals surface area contributed by atoms with Crippen LogP contribution in [0.5, 0.6) is 11.5 Å². The number of hydrogen-bond donors (Lipinski definition) is 0. The summed E-state index contributed by atoms with van der Waals surface area (Å²) < 4.78 is 21.6. The molecule has 0 fully saturated rings. The van der Waals surface area contributed by atoms with Gasteiger partial charge in [-0.3, -0.25) is 0 Å². The molecule has 0 aliphatic rings. The van der Waals surface area contributed by atoms with Crippen LogP contribution in [0.2, 0.25) is 0 Å². The number of nitrogens with zero attached hydrogens (tertiary/aromatic N) is 1. The van der Waals surface area contributed by atoms with Crippen molar-refractivity contribution < 1.29 is 23.4 Å². The Balaban J connectivity index is 1.70. The Kier molecular flexibility index (Phi) is 6.46. The zero-order chi connectivity index (χ0) is 19.8. The maximum absolute atomic E-state index is 11.2. The van der Waals surface area contributed by atoms with Gasteiger partial charge in [0, 0.05) is 11.6 Å². The lowest BCUT2D eigenvalue weighted by Crippen LogP contribution is -2.00. The highest BCUT2D eigenvalue weighted by molar-refractivity contribution is 5.87. The lowest BCUT2D eigenvalue weighted by atomic mass is 10.2. The molecule has 6 nitrogen and oxygen atoms in total. The van der Waals surface area contributed by atoms with E-state index >= 15 is 0 Å². The molecule has 0 bridgehead atoms. The lowest BCUT2D eigenvalue weighted by molar-refractivity contribution is -0.134. The van der Waals surface area contributed by atoms with E-state index in [9.17, 15) is 4.79 Å². The van der Waals surface area contributed by atoms with Crippen LogP contribution in [0.25, 0.3) is 17.5 Å². The number of carbonyl (C=O) groups excluding carboxylic acids is 1. The van der Waals surface area contributed by atoms with E-state index in [-0.39, 0.29) is 6.61 Å². The molecular formula is C22H21NO5. The molecule has 28 heavy (non-hydrogen) atoms. The predicted octanol–water partition coefficient (Wildman–Crippen LogP) is 4.51. The van der Waals surface area contributed by atoms with E-state index in [2.05, 4.69) is 9.72 Å². The summed E-state index contributed by atoms with van der Waals surface area (Å²) in [5.41, 5.74) is 2.38. The zero-order valence-electron chi connectivity index (χ0n) is 15.8. The van der Waals surface area contributed by atoms with Crippen LogP contribution in [0.4, 0.5) is 0 Å². The van der Waals surface area contributed by atoms with Crippen molar-refractivity contribution in [2.24, 2.45) is 0 Å². The van der Waals surface area contributed by atoms with Crippen LogP contribution in [-0.2, 0) is 16.1 Å². The molecule has 0 atom stereocenters. The number of aromatic nitrogens is 1. The maximum Gasteiger partial charge on any atom is 0.330 e. The second-order valence-electron chi connectivity index (χ2n) is 5.79. The molecule has 6 heteroatoms. The van der Waals surface area contributed by atoms with Crippen molar-refractivity contribution in [2.75, 3.05) is 13.7 Å². The van der Waals surface area contributed by atoms with Crippen molar-refractivity contribution in [1.82, 2.24) is 4.98 Å². The molecule has 0 saturated carbocycles. The Labute approximate surface area is 163 Å². The number of carbonyl (C=O) groups is 1. The molecule has 2 aromatic carbocycles. The predicted molar refractivity (Wildman–Crippen MR) is 105 cm³/mol. The van der Waals surface area contributed by atoms with Gasteiger partial charge in [-0.2, -0.15) is 0 Å². The molecule has 0 amide bonds. The molecule has 0 saturated heterocycles. The number of hydrogen-bond acceptors (Lipinski definition) is 6. The van der Waals surface area contributed by atoms with Crippen molar-refractivity contribution in [3.8, 4) is 23.0 Å². The number of benzene rings is 2. The lowest BCUT2D eigenvalue weighted by Gasteiger charge is -2.11. The first-order chi connectivity index (χ1) is 13.7. The van der Waals surface area contributed by atoms with Crippen molar-refractivity contribution in [2.45, 2.75) is 13.5 Å². The fourth-order valence-corrected chi connectivity index (χ4v) is 2.49. The molecule has 3 aromatic rings. The number of ether oxygens (including phenoxy) is 3. The zero-order valence-corrected chi connectivity index (χ0v) is 15.8. The average Bonchev–Trinajstić information content (AvgIpc) is 3.21. The summed E-state index contributed by atoms with van der Waals surface area (Å²) in [6.45, 7) is 2.63. The summed E-state index contributed by atoms with van der Waals surface area (Å²) in [5, 5.41) is 0. The van der Waals surface area contributed by atoms with Gasteiger partial charge in [0.1, 0.15) is 18.6 Å². The van der Waals surface area contributed by atoms with E-state index in [1.807, 2.05) is 43.3 Å². The summed E-state index contributed by atoms with van der Waals surface area (Å²) >= 11 is 0. The normalized spacial score (nSPS) is 10.8. The standard InChI is InChI=1S/C22H21NO5/c1-3-26-20-13-16(10-12-21(24)25-2)9-11-19(20)27-14-18-15-28-22(23-18)17-7-5-4-6-8-17/h4-13,15H,3,14H2,1-2H3/b12-10+. The molecule has 0 aliphatic carbocycles. The number of methoxy groups -OCH3 is 1.